The largest absolute Gasteiger partial charge is 0.481 e. The summed E-state index contributed by atoms with van der Waals surface area (Å²) in [7, 11) is 0. The molecule has 21 heavy (non-hydrogen) atoms. The van der Waals surface area contributed by atoms with Crippen molar-refractivity contribution in [3.8, 4) is 0 Å². The lowest BCUT2D eigenvalue weighted by molar-refractivity contribution is -0.137. The number of rotatable bonds is 5. The summed E-state index contributed by atoms with van der Waals surface area (Å²) < 4.78 is 37.9. The monoisotopic (exact) mass is 338 g/mol. The van der Waals surface area contributed by atoms with Gasteiger partial charge in [0.15, 0.2) is 5.16 Å². The first-order chi connectivity index (χ1) is 9.78. The van der Waals surface area contributed by atoms with Gasteiger partial charge in [0, 0.05) is 6.54 Å². The van der Waals surface area contributed by atoms with Gasteiger partial charge in [-0.05, 0) is 11.4 Å². The van der Waals surface area contributed by atoms with Crippen molar-refractivity contribution in [1.82, 2.24) is 9.55 Å². The van der Waals surface area contributed by atoms with Gasteiger partial charge in [0.25, 0.3) is 5.56 Å². The Kier molecular flexibility index (Phi) is 4.57. The number of carbonyl (C=O) groups is 1. The van der Waals surface area contributed by atoms with E-state index in [1.54, 1.807) is 5.38 Å². The lowest BCUT2D eigenvalue weighted by atomic mass is 10.4. The van der Waals surface area contributed by atoms with Crippen molar-refractivity contribution < 1.29 is 23.1 Å². The Morgan fingerprint density at radius 1 is 1.48 bits per heavy atom. The number of halogens is 3. The van der Waals surface area contributed by atoms with E-state index in [9.17, 15) is 22.8 Å². The van der Waals surface area contributed by atoms with Crippen molar-refractivity contribution in [1.29, 1.82) is 0 Å². The van der Waals surface area contributed by atoms with Crippen LogP contribution < -0.4 is 5.56 Å². The Morgan fingerprint density at radius 3 is 2.81 bits per heavy atom. The molecule has 2 rings (SSSR count). The molecule has 0 aliphatic carbocycles. The molecule has 0 bridgehead atoms. The highest BCUT2D eigenvalue weighted by Gasteiger charge is 2.28. The van der Waals surface area contributed by atoms with E-state index < -0.39 is 30.7 Å². The molecule has 5 nitrogen and oxygen atoms in total. The van der Waals surface area contributed by atoms with Crippen LogP contribution in [-0.4, -0.2) is 32.6 Å². The van der Waals surface area contributed by atoms with Gasteiger partial charge in [-0.1, -0.05) is 11.8 Å². The zero-order valence-corrected chi connectivity index (χ0v) is 12.0. The highest BCUT2D eigenvalue weighted by molar-refractivity contribution is 7.99. The van der Waals surface area contributed by atoms with Gasteiger partial charge < -0.3 is 5.11 Å². The van der Waals surface area contributed by atoms with E-state index in [0.717, 1.165) is 16.3 Å². The predicted octanol–water partition coefficient (Wildman–Crippen LogP) is 2.59. The standard InChI is InChI=1S/C11H9F3N2O3S2/c12-11(13,14)2-3-16-9(19)6-1-4-20-8(6)15-10(16)21-5-7(17)18/h1,4H,2-3,5H2,(H,17,18). The third-order valence-electron chi connectivity index (χ3n) is 2.49. The number of fused-ring (bicyclic) bond motifs is 1. The molecule has 0 aliphatic rings. The number of aromatic nitrogens is 2. The molecule has 2 heterocycles. The van der Waals surface area contributed by atoms with Gasteiger partial charge in [-0.2, -0.15) is 13.2 Å². The average Bonchev–Trinajstić information content (AvgIpc) is 2.82. The first kappa shape index (κ1) is 15.8. The second kappa shape index (κ2) is 6.06. The van der Waals surface area contributed by atoms with E-state index in [1.165, 1.54) is 17.4 Å². The number of aliphatic carboxylic acids is 1. The summed E-state index contributed by atoms with van der Waals surface area (Å²) >= 11 is 1.90. The molecule has 2 aromatic rings. The van der Waals surface area contributed by atoms with E-state index in [1.807, 2.05) is 0 Å². The van der Waals surface area contributed by atoms with E-state index in [0.29, 0.717) is 4.83 Å². The minimum atomic E-state index is -4.40. The second-order valence-corrected chi connectivity index (χ2v) is 5.88. The molecule has 1 N–H and O–H groups in total. The van der Waals surface area contributed by atoms with Crippen molar-refractivity contribution in [3.63, 3.8) is 0 Å². The van der Waals surface area contributed by atoms with Crippen LogP contribution in [-0.2, 0) is 11.3 Å². The fraction of sp³-hybridized carbons (Fsp3) is 0.364. The predicted molar refractivity (Wildman–Crippen MR) is 72.9 cm³/mol. The summed E-state index contributed by atoms with van der Waals surface area (Å²) in [6.45, 7) is -0.580. The Morgan fingerprint density at radius 2 is 2.19 bits per heavy atom. The summed E-state index contributed by atoms with van der Waals surface area (Å²) in [4.78, 5) is 27.2. The number of alkyl halides is 3. The van der Waals surface area contributed by atoms with Gasteiger partial charge in [-0.15, -0.1) is 11.3 Å². The first-order valence-electron chi connectivity index (χ1n) is 5.67. The lowest BCUT2D eigenvalue weighted by Crippen LogP contribution is -2.25. The Hall–Kier alpha value is -1.55. The minimum absolute atomic E-state index is 0.0124. The summed E-state index contributed by atoms with van der Waals surface area (Å²) in [5.74, 6) is -1.52. The number of carboxylic acid groups (broad SMARTS) is 1. The van der Waals surface area contributed by atoms with Crippen LogP contribution in [0, 0.1) is 0 Å². The van der Waals surface area contributed by atoms with Gasteiger partial charge in [-0.25, -0.2) is 4.98 Å². The first-order valence-corrected chi connectivity index (χ1v) is 7.54. The maximum atomic E-state index is 12.3. The van der Waals surface area contributed by atoms with Crippen LogP contribution in [0.1, 0.15) is 6.42 Å². The summed E-state index contributed by atoms with van der Waals surface area (Å²) in [5, 5.41) is 10.5. The van der Waals surface area contributed by atoms with Crippen LogP contribution in [0.5, 0.6) is 0 Å². The quantitative estimate of drug-likeness (QED) is 0.670. The highest BCUT2D eigenvalue weighted by Crippen LogP contribution is 2.24. The minimum Gasteiger partial charge on any atom is -0.481 e. The molecule has 2 aromatic heterocycles. The molecule has 10 heteroatoms. The molecule has 0 amide bonds. The van der Waals surface area contributed by atoms with Gasteiger partial charge in [0.2, 0.25) is 0 Å². The molecule has 0 spiro atoms. The SMILES string of the molecule is O=C(O)CSc1nc2sccc2c(=O)n1CCC(F)(F)F. The Bertz CT molecular complexity index is 724. The van der Waals surface area contributed by atoms with Gasteiger partial charge in [0.1, 0.15) is 4.83 Å². The van der Waals surface area contributed by atoms with E-state index in [4.69, 9.17) is 5.11 Å². The van der Waals surface area contributed by atoms with Gasteiger partial charge >= 0.3 is 12.1 Å². The number of nitrogens with zero attached hydrogens (tertiary/aromatic N) is 2. The van der Waals surface area contributed by atoms with Gasteiger partial charge in [0.05, 0.1) is 17.6 Å². The molecule has 0 aliphatic heterocycles. The summed E-state index contributed by atoms with van der Waals surface area (Å²) in [6.07, 6.45) is -5.58. The number of thioether (sulfide) groups is 1. The van der Waals surface area contributed by atoms with Crippen LogP contribution in [0.2, 0.25) is 0 Å². The summed E-state index contributed by atoms with van der Waals surface area (Å²) in [6, 6.07) is 1.49. The van der Waals surface area contributed by atoms with Crippen LogP contribution in [0.4, 0.5) is 13.2 Å². The van der Waals surface area contributed by atoms with Gasteiger partial charge in [-0.3, -0.25) is 14.2 Å². The zero-order valence-electron chi connectivity index (χ0n) is 10.4. The normalized spacial score (nSPS) is 12.0. The number of carboxylic acids is 1. The molecule has 0 aromatic carbocycles. The van der Waals surface area contributed by atoms with Crippen molar-refractivity contribution in [3.05, 3.63) is 21.8 Å². The van der Waals surface area contributed by atoms with E-state index in [2.05, 4.69) is 4.98 Å². The van der Waals surface area contributed by atoms with Crippen LogP contribution in [0.15, 0.2) is 21.4 Å². The Balaban J connectivity index is 2.42. The zero-order chi connectivity index (χ0) is 15.6. The third kappa shape index (κ3) is 3.97. The van der Waals surface area contributed by atoms with E-state index in [-0.39, 0.29) is 16.3 Å². The molecule has 0 unspecified atom stereocenters. The molecule has 0 radical (unpaired) electrons. The van der Waals surface area contributed by atoms with Crippen molar-refractivity contribution in [2.75, 3.05) is 5.75 Å². The fourth-order valence-electron chi connectivity index (χ4n) is 1.60. The number of thiophene rings is 1. The highest BCUT2D eigenvalue weighted by atomic mass is 32.2. The molecule has 114 valence electrons. The fourth-order valence-corrected chi connectivity index (χ4v) is 3.15. The molecular formula is C11H9F3N2O3S2. The lowest BCUT2D eigenvalue weighted by Gasteiger charge is -2.12. The summed E-state index contributed by atoms with van der Waals surface area (Å²) in [5.41, 5.74) is -0.585. The average molecular weight is 338 g/mol. The van der Waals surface area contributed by atoms with Crippen LogP contribution in [0.3, 0.4) is 0 Å². The molecule has 0 saturated heterocycles. The maximum Gasteiger partial charge on any atom is 0.390 e. The van der Waals surface area contributed by atoms with Crippen molar-refractivity contribution in [2.24, 2.45) is 0 Å². The topological polar surface area (TPSA) is 72.2 Å². The number of hydrogen-bond acceptors (Lipinski definition) is 5. The molecule has 0 saturated carbocycles. The molecular weight excluding hydrogens is 329 g/mol. The smallest absolute Gasteiger partial charge is 0.390 e. The molecule has 0 fully saturated rings. The molecule has 0 atom stereocenters. The number of hydrogen-bond donors (Lipinski definition) is 1. The Labute approximate surface area is 124 Å². The maximum absolute atomic E-state index is 12.3. The second-order valence-electron chi connectivity index (χ2n) is 4.04. The third-order valence-corrected chi connectivity index (χ3v) is 4.26. The van der Waals surface area contributed by atoms with Crippen molar-refractivity contribution in [2.45, 2.75) is 24.3 Å². The van der Waals surface area contributed by atoms with Crippen LogP contribution in [0.25, 0.3) is 10.2 Å². The van der Waals surface area contributed by atoms with Crippen LogP contribution >= 0.6 is 23.1 Å². The van der Waals surface area contributed by atoms with E-state index >= 15 is 0 Å². The van der Waals surface area contributed by atoms with Crippen molar-refractivity contribution >= 4 is 39.3 Å².